The summed E-state index contributed by atoms with van der Waals surface area (Å²) in [5, 5.41) is 7.49. The van der Waals surface area contributed by atoms with Crippen molar-refractivity contribution in [2.24, 2.45) is 0 Å². The topological polar surface area (TPSA) is 92.0 Å². The Morgan fingerprint density at radius 3 is 3.00 bits per heavy atom. The van der Waals surface area contributed by atoms with Gasteiger partial charge in [-0.1, -0.05) is 6.07 Å². The molecule has 1 atom stereocenters. The molecule has 5 heterocycles. The van der Waals surface area contributed by atoms with Crippen molar-refractivity contribution < 1.29 is 9.47 Å². The summed E-state index contributed by atoms with van der Waals surface area (Å²) in [6.07, 6.45) is 6.44. The Morgan fingerprint density at radius 1 is 1.10 bits per heavy atom. The van der Waals surface area contributed by atoms with Crippen LogP contribution in [-0.2, 0) is 13.0 Å². The second-order valence-electron chi connectivity index (χ2n) is 7.48. The minimum atomic E-state index is 0.000652. The third kappa shape index (κ3) is 2.84. The third-order valence-corrected chi connectivity index (χ3v) is 5.75. The zero-order valence-corrected chi connectivity index (χ0v) is 16.2. The molecule has 0 radical (unpaired) electrons. The van der Waals surface area contributed by atoms with Crippen molar-refractivity contribution in [2.45, 2.75) is 19.0 Å². The SMILES string of the molecule is c1ccc(C2c3nc[nH]c3CCN2Cc2cn[nH]c2-c2ccc3c(c2)OCO3)nc1. The fourth-order valence-corrected chi connectivity index (χ4v) is 4.31. The predicted molar refractivity (Wildman–Crippen MR) is 109 cm³/mol. The van der Waals surface area contributed by atoms with Crippen molar-refractivity contribution >= 4 is 0 Å². The van der Waals surface area contributed by atoms with E-state index < -0.39 is 0 Å². The number of aromatic amines is 2. The molecular weight excluding hydrogens is 380 g/mol. The lowest BCUT2D eigenvalue weighted by molar-refractivity contribution is 0.174. The van der Waals surface area contributed by atoms with Gasteiger partial charge in [-0.2, -0.15) is 5.10 Å². The molecule has 8 nitrogen and oxygen atoms in total. The molecule has 1 unspecified atom stereocenters. The van der Waals surface area contributed by atoms with Crippen LogP contribution in [0.1, 0.15) is 28.7 Å². The molecular formula is C22H20N6O2. The van der Waals surface area contributed by atoms with Crippen LogP contribution in [-0.4, -0.2) is 43.4 Å². The zero-order chi connectivity index (χ0) is 19.9. The summed E-state index contributed by atoms with van der Waals surface area (Å²) in [5.74, 6) is 1.54. The van der Waals surface area contributed by atoms with Crippen LogP contribution >= 0.6 is 0 Å². The fourth-order valence-electron chi connectivity index (χ4n) is 4.31. The number of pyridine rings is 1. The summed E-state index contributed by atoms with van der Waals surface area (Å²) in [7, 11) is 0. The average molecular weight is 400 g/mol. The van der Waals surface area contributed by atoms with Gasteiger partial charge in [-0.3, -0.25) is 15.0 Å². The first-order valence-electron chi connectivity index (χ1n) is 9.96. The van der Waals surface area contributed by atoms with E-state index in [0.29, 0.717) is 0 Å². The van der Waals surface area contributed by atoms with E-state index in [4.69, 9.17) is 9.47 Å². The Kier molecular flexibility index (Phi) is 4.02. The van der Waals surface area contributed by atoms with Crippen LogP contribution in [0.4, 0.5) is 0 Å². The Hall–Kier alpha value is -3.65. The van der Waals surface area contributed by atoms with Crippen molar-refractivity contribution in [3.05, 3.63) is 77.8 Å². The van der Waals surface area contributed by atoms with Crippen molar-refractivity contribution in [1.82, 2.24) is 30.0 Å². The van der Waals surface area contributed by atoms with Gasteiger partial charge in [0.15, 0.2) is 11.5 Å². The second kappa shape index (κ2) is 7.00. The molecule has 2 N–H and O–H groups in total. The number of H-pyrrole nitrogens is 2. The van der Waals surface area contributed by atoms with E-state index in [2.05, 4.69) is 36.1 Å². The van der Waals surface area contributed by atoms with Crippen LogP contribution in [0.15, 0.2) is 55.1 Å². The number of nitrogens with one attached hydrogen (secondary N) is 2. The summed E-state index contributed by atoms with van der Waals surface area (Å²) in [5.41, 5.74) is 6.37. The highest BCUT2D eigenvalue weighted by Crippen LogP contribution is 2.38. The van der Waals surface area contributed by atoms with Gasteiger partial charge in [0.2, 0.25) is 6.79 Å². The molecule has 3 aromatic heterocycles. The number of rotatable bonds is 4. The van der Waals surface area contributed by atoms with Crippen molar-refractivity contribution in [2.75, 3.05) is 13.3 Å². The third-order valence-electron chi connectivity index (χ3n) is 5.75. The van der Waals surface area contributed by atoms with Gasteiger partial charge in [-0.15, -0.1) is 0 Å². The lowest BCUT2D eigenvalue weighted by Crippen LogP contribution is -2.36. The molecule has 2 aliphatic heterocycles. The highest BCUT2D eigenvalue weighted by molar-refractivity contribution is 5.67. The first-order chi connectivity index (χ1) is 14.9. The van der Waals surface area contributed by atoms with Gasteiger partial charge in [-0.25, -0.2) is 4.98 Å². The van der Waals surface area contributed by atoms with Gasteiger partial charge < -0.3 is 14.5 Å². The van der Waals surface area contributed by atoms with E-state index in [1.54, 1.807) is 6.33 Å². The van der Waals surface area contributed by atoms with Crippen LogP contribution < -0.4 is 9.47 Å². The number of hydrogen-bond donors (Lipinski definition) is 2. The number of hydrogen-bond acceptors (Lipinski definition) is 6. The van der Waals surface area contributed by atoms with Crippen molar-refractivity contribution in [3.8, 4) is 22.8 Å². The molecule has 0 fully saturated rings. The molecule has 0 saturated heterocycles. The molecule has 150 valence electrons. The van der Waals surface area contributed by atoms with E-state index >= 15 is 0 Å². The minimum absolute atomic E-state index is 0.000652. The minimum Gasteiger partial charge on any atom is -0.454 e. The van der Waals surface area contributed by atoms with E-state index in [1.165, 1.54) is 5.69 Å². The molecule has 6 rings (SSSR count). The van der Waals surface area contributed by atoms with Gasteiger partial charge in [0.05, 0.1) is 35.6 Å². The monoisotopic (exact) mass is 400 g/mol. The van der Waals surface area contributed by atoms with Crippen molar-refractivity contribution in [1.29, 1.82) is 0 Å². The Labute approximate surface area is 172 Å². The lowest BCUT2D eigenvalue weighted by atomic mass is 9.98. The maximum atomic E-state index is 5.55. The lowest BCUT2D eigenvalue weighted by Gasteiger charge is -2.34. The molecule has 0 aliphatic carbocycles. The first kappa shape index (κ1) is 17.2. The number of benzene rings is 1. The van der Waals surface area contributed by atoms with E-state index in [-0.39, 0.29) is 12.8 Å². The highest BCUT2D eigenvalue weighted by Gasteiger charge is 2.32. The zero-order valence-electron chi connectivity index (χ0n) is 16.2. The molecule has 0 saturated carbocycles. The van der Waals surface area contributed by atoms with Crippen LogP contribution in [0.5, 0.6) is 11.5 Å². The van der Waals surface area contributed by atoms with E-state index in [9.17, 15) is 0 Å². The molecule has 0 amide bonds. The van der Waals surface area contributed by atoms with Gasteiger partial charge in [0.1, 0.15) is 0 Å². The molecule has 0 spiro atoms. The van der Waals surface area contributed by atoms with Crippen LogP contribution in [0.3, 0.4) is 0 Å². The normalized spacial score (nSPS) is 17.8. The molecule has 0 bridgehead atoms. The van der Waals surface area contributed by atoms with Gasteiger partial charge in [-0.05, 0) is 30.3 Å². The molecule has 30 heavy (non-hydrogen) atoms. The molecule has 8 heteroatoms. The maximum Gasteiger partial charge on any atom is 0.231 e. The fraction of sp³-hybridized carbons (Fsp3) is 0.227. The first-order valence-corrected chi connectivity index (χ1v) is 9.96. The van der Waals surface area contributed by atoms with E-state index in [1.807, 2.05) is 42.7 Å². The smallest absolute Gasteiger partial charge is 0.231 e. The van der Waals surface area contributed by atoms with Crippen molar-refractivity contribution in [3.63, 3.8) is 0 Å². The van der Waals surface area contributed by atoms with Gasteiger partial charge in [0, 0.05) is 42.5 Å². The predicted octanol–water partition coefficient (Wildman–Crippen LogP) is 3.07. The van der Waals surface area contributed by atoms with Crippen LogP contribution in [0, 0.1) is 0 Å². The summed E-state index contributed by atoms with van der Waals surface area (Å²) < 4.78 is 11.0. The standard InChI is InChI=1S/C22H20N6O2/c1-2-7-23-17(3-1)22-21-16(24-12-25-21)6-8-28(22)11-15-10-26-27-20(15)14-4-5-18-19(9-14)30-13-29-18/h1-5,7,9-10,12,22H,6,8,11,13H2,(H,24,25)(H,26,27). The quantitative estimate of drug-likeness (QED) is 0.547. The largest absolute Gasteiger partial charge is 0.454 e. The highest BCUT2D eigenvalue weighted by atomic mass is 16.7. The number of fused-ring (bicyclic) bond motifs is 2. The van der Waals surface area contributed by atoms with Gasteiger partial charge >= 0.3 is 0 Å². The Morgan fingerprint density at radius 2 is 2.07 bits per heavy atom. The molecule has 4 aromatic rings. The van der Waals surface area contributed by atoms with Crippen LogP contribution in [0.2, 0.25) is 0 Å². The summed E-state index contributed by atoms with van der Waals surface area (Å²) in [6.45, 7) is 1.90. The number of ether oxygens (including phenoxy) is 2. The second-order valence-corrected chi connectivity index (χ2v) is 7.48. The Balaban J connectivity index is 1.35. The molecule has 2 aliphatic rings. The Bertz CT molecular complexity index is 1190. The maximum absolute atomic E-state index is 5.55. The number of imidazole rings is 1. The summed E-state index contributed by atoms with van der Waals surface area (Å²) in [6, 6.07) is 12.0. The number of nitrogens with zero attached hydrogens (tertiary/aromatic N) is 4. The summed E-state index contributed by atoms with van der Waals surface area (Å²) >= 11 is 0. The van der Waals surface area contributed by atoms with Crippen LogP contribution in [0.25, 0.3) is 11.3 Å². The van der Waals surface area contributed by atoms with Gasteiger partial charge in [0.25, 0.3) is 0 Å². The molecule has 1 aromatic carbocycles. The number of aromatic nitrogens is 5. The van der Waals surface area contributed by atoms with E-state index in [0.717, 1.165) is 59.2 Å². The summed E-state index contributed by atoms with van der Waals surface area (Å²) in [4.78, 5) is 15.0. The average Bonchev–Trinajstić information content (AvgIpc) is 3.54.